The third-order valence-corrected chi connectivity index (χ3v) is 3.79. The monoisotopic (exact) mass is 342 g/mol. The first kappa shape index (κ1) is 15.0. The molecule has 1 aliphatic rings. The van der Waals surface area contributed by atoms with Crippen LogP contribution in [0.3, 0.4) is 0 Å². The Morgan fingerprint density at radius 1 is 1.35 bits per heavy atom. The van der Waals surface area contributed by atoms with Gasteiger partial charge >= 0.3 is 5.97 Å². The fraction of sp³-hybridized carbons (Fsp3) is 0.385. The minimum atomic E-state index is -1.11. The second kappa shape index (κ2) is 5.90. The van der Waals surface area contributed by atoms with Crippen LogP contribution in [-0.2, 0) is 9.53 Å². The quantitative estimate of drug-likeness (QED) is 0.774. The van der Waals surface area contributed by atoms with E-state index >= 15 is 0 Å². The number of hydrogen-bond acceptors (Lipinski definition) is 4. The second-order valence-corrected chi connectivity index (χ2v) is 5.63. The lowest BCUT2D eigenvalue weighted by Crippen LogP contribution is -2.54. The lowest BCUT2D eigenvalue weighted by atomic mass is 9.90. The van der Waals surface area contributed by atoms with E-state index in [-0.39, 0.29) is 17.2 Å². The van der Waals surface area contributed by atoms with Crippen LogP contribution in [0.1, 0.15) is 23.2 Å². The van der Waals surface area contributed by atoms with Crippen LogP contribution in [0.2, 0.25) is 0 Å². The molecule has 4 N–H and O–H groups in total. The predicted octanol–water partition coefficient (Wildman–Crippen LogP) is 1.59. The van der Waals surface area contributed by atoms with Crippen molar-refractivity contribution in [3.05, 3.63) is 28.2 Å². The van der Waals surface area contributed by atoms with Gasteiger partial charge in [0.1, 0.15) is 5.54 Å². The van der Waals surface area contributed by atoms with Crippen molar-refractivity contribution in [2.45, 2.75) is 18.4 Å². The van der Waals surface area contributed by atoms with E-state index in [1.807, 2.05) is 0 Å². The number of nitrogens with two attached hydrogens (primary N) is 1. The van der Waals surface area contributed by atoms with Crippen molar-refractivity contribution in [2.24, 2.45) is 5.73 Å². The molecule has 108 valence electrons. The summed E-state index contributed by atoms with van der Waals surface area (Å²) in [5.41, 5.74) is 5.30. The van der Waals surface area contributed by atoms with Gasteiger partial charge in [-0.15, -0.1) is 0 Å². The molecular formula is C13H15BrN2O4. The number of carboxylic acid groups (broad SMARTS) is 1. The van der Waals surface area contributed by atoms with E-state index in [0.29, 0.717) is 30.5 Å². The fourth-order valence-electron chi connectivity index (χ4n) is 2.02. The molecule has 0 saturated carbocycles. The topological polar surface area (TPSA) is 102 Å². The third kappa shape index (κ3) is 3.17. The average Bonchev–Trinajstić information content (AvgIpc) is 2.39. The molecule has 20 heavy (non-hydrogen) atoms. The Hall–Kier alpha value is -1.44. The normalized spacial score (nSPS) is 17.5. The first-order valence-corrected chi connectivity index (χ1v) is 6.93. The maximum Gasteiger partial charge on any atom is 0.337 e. The number of halogens is 1. The molecule has 1 aliphatic heterocycles. The van der Waals surface area contributed by atoms with E-state index in [0.717, 1.165) is 0 Å². The number of carboxylic acids is 1. The summed E-state index contributed by atoms with van der Waals surface area (Å²) in [4.78, 5) is 23.4. The van der Waals surface area contributed by atoms with Crippen molar-refractivity contribution in [3.63, 3.8) is 0 Å². The molecule has 0 spiro atoms. The van der Waals surface area contributed by atoms with Crippen LogP contribution in [0.5, 0.6) is 0 Å². The number of carbonyl (C=O) groups excluding carboxylic acids is 1. The van der Waals surface area contributed by atoms with Crippen molar-refractivity contribution in [1.29, 1.82) is 0 Å². The van der Waals surface area contributed by atoms with Crippen molar-refractivity contribution in [3.8, 4) is 0 Å². The van der Waals surface area contributed by atoms with Crippen molar-refractivity contribution in [2.75, 3.05) is 18.5 Å². The molecule has 1 amide bonds. The summed E-state index contributed by atoms with van der Waals surface area (Å²) in [7, 11) is 0. The molecule has 0 atom stereocenters. The minimum Gasteiger partial charge on any atom is -0.478 e. The summed E-state index contributed by atoms with van der Waals surface area (Å²) >= 11 is 3.25. The number of rotatable bonds is 3. The summed E-state index contributed by atoms with van der Waals surface area (Å²) < 4.78 is 5.86. The zero-order valence-corrected chi connectivity index (χ0v) is 12.3. The van der Waals surface area contributed by atoms with E-state index in [4.69, 9.17) is 15.6 Å². The number of benzene rings is 1. The van der Waals surface area contributed by atoms with E-state index in [1.54, 1.807) is 12.1 Å². The number of aromatic carboxylic acids is 1. The van der Waals surface area contributed by atoms with Gasteiger partial charge < -0.3 is 20.9 Å². The van der Waals surface area contributed by atoms with Crippen LogP contribution in [-0.4, -0.2) is 35.7 Å². The zero-order chi connectivity index (χ0) is 14.8. The van der Waals surface area contributed by atoms with Crippen LogP contribution < -0.4 is 11.1 Å². The average molecular weight is 343 g/mol. The smallest absolute Gasteiger partial charge is 0.337 e. The number of hydrogen-bond donors (Lipinski definition) is 3. The highest BCUT2D eigenvalue weighted by Gasteiger charge is 2.36. The Kier molecular flexibility index (Phi) is 4.42. The molecule has 1 fully saturated rings. The summed E-state index contributed by atoms with van der Waals surface area (Å²) in [5.74, 6) is -1.49. The molecule has 0 aromatic heterocycles. The van der Waals surface area contributed by atoms with Gasteiger partial charge in [-0.05, 0) is 31.0 Å². The first-order valence-electron chi connectivity index (χ1n) is 6.13. The fourth-order valence-corrected chi connectivity index (χ4v) is 2.38. The lowest BCUT2D eigenvalue weighted by Gasteiger charge is -2.31. The van der Waals surface area contributed by atoms with Crippen molar-refractivity contribution in [1.82, 2.24) is 0 Å². The zero-order valence-electron chi connectivity index (χ0n) is 10.7. The maximum absolute atomic E-state index is 12.3. The number of nitrogens with one attached hydrogen (secondary N) is 1. The molecule has 1 aromatic rings. The highest BCUT2D eigenvalue weighted by molar-refractivity contribution is 9.10. The molecule has 0 bridgehead atoms. The molecule has 7 heteroatoms. The molecule has 6 nitrogen and oxygen atoms in total. The summed E-state index contributed by atoms with van der Waals surface area (Å²) in [6.45, 7) is 0.850. The number of carbonyl (C=O) groups is 2. The lowest BCUT2D eigenvalue weighted by molar-refractivity contribution is -0.124. The predicted molar refractivity (Wildman–Crippen MR) is 76.7 cm³/mol. The van der Waals surface area contributed by atoms with Crippen LogP contribution in [0.4, 0.5) is 5.69 Å². The van der Waals surface area contributed by atoms with Crippen molar-refractivity contribution >= 4 is 33.5 Å². The molecule has 1 aromatic carbocycles. The summed E-state index contributed by atoms with van der Waals surface area (Å²) in [6, 6.07) is 4.57. The molecule has 1 saturated heterocycles. The van der Waals surface area contributed by atoms with E-state index < -0.39 is 11.5 Å². The van der Waals surface area contributed by atoms with Crippen LogP contribution >= 0.6 is 15.9 Å². The highest BCUT2D eigenvalue weighted by Crippen LogP contribution is 2.25. The Balaban J connectivity index is 2.23. The van der Waals surface area contributed by atoms with Gasteiger partial charge in [0, 0.05) is 17.7 Å². The van der Waals surface area contributed by atoms with Crippen LogP contribution in [0.25, 0.3) is 0 Å². The Bertz CT molecular complexity index is 541. The van der Waals surface area contributed by atoms with E-state index in [1.165, 1.54) is 6.07 Å². The summed E-state index contributed by atoms with van der Waals surface area (Å²) in [5, 5.41) is 11.7. The molecule has 1 heterocycles. The Morgan fingerprint density at radius 2 is 2.00 bits per heavy atom. The molecule has 0 aliphatic carbocycles. The van der Waals surface area contributed by atoms with Gasteiger partial charge in [0.25, 0.3) is 0 Å². The second-order valence-electron chi connectivity index (χ2n) is 4.72. The Morgan fingerprint density at radius 3 is 2.60 bits per heavy atom. The maximum atomic E-state index is 12.3. The van der Waals surface area contributed by atoms with Gasteiger partial charge in [-0.3, -0.25) is 4.79 Å². The van der Waals surface area contributed by atoms with Crippen LogP contribution in [0, 0.1) is 0 Å². The van der Waals surface area contributed by atoms with Gasteiger partial charge in [-0.1, -0.05) is 15.9 Å². The van der Waals surface area contributed by atoms with Crippen LogP contribution in [0.15, 0.2) is 22.7 Å². The van der Waals surface area contributed by atoms with Gasteiger partial charge in [0.2, 0.25) is 5.91 Å². The molecule has 0 unspecified atom stereocenters. The molecule has 2 rings (SSSR count). The highest BCUT2D eigenvalue weighted by atomic mass is 79.9. The molecular weight excluding hydrogens is 328 g/mol. The standard InChI is InChI=1S/C13H15BrN2O4/c14-8-1-2-9(11(17)18)10(7-8)16-12(19)13(15)3-5-20-6-4-13/h1-2,7H,3-6,15H2,(H,16,19)(H,17,18). The SMILES string of the molecule is NC1(C(=O)Nc2cc(Br)ccc2C(=O)O)CCOCC1. The largest absolute Gasteiger partial charge is 0.478 e. The van der Waals surface area contributed by atoms with E-state index in [9.17, 15) is 9.59 Å². The summed E-state index contributed by atoms with van der Waals surface area (Å²) in [6.07, 6.45) is 0.824. The van der Waals surface area contributed by atoms with Gasteiger partial charge in [-0.2, -0.15) is 0 Å². The number of anilines is 1. The Labute approximate surface area is 124 Å². The number of amides is 1. The minimum absolute atomic E-state index is 0.0252. The number of ether oxygens (including phenoxy) is 1. The van der Waals surface area contributed by atoms with Gasteiger partial charge in [-0.25, -0.2) is 4.79 Å². The van der Waals surface area contributed by atoms with Crippen molar-refractivity contribution < 1.29 is 19.4 Å². The molecule has 0 radical (unpaired) electrons. The van der Waals surface area contributed by atoms with Gasteiger partial charge in [0.15, 0.2) is 0 Å². The first-order chi connectivity index (χ1) is 9.42. The van der Waals surface area contributed by atoms with E-state index in [2.05, 4.69) is 21.2 Å². The third-order valence-electron chi connectivity index (χ3n) is 3.30. The van der Waals surface area contributed by atoms with Gasteiger partial charge in [0.05, 0.1) is 11.3 Å².